The molecular formula is C13H29N3O. The molecule has 4 nitrogen and oxygen atoms in total. The predicted molar refractivity (Wildman–Crippen MR) is 72.3 cm³/mol. The minimum Gasteiger partial charge on any atom is -0.390 e. The fraction of sp³-hybridized carbons (Fsp3) is 1.00. The fourth-order valence-electron chi connectivity index (χ4n) is 2.47. The summed E-state index contributed by atoms with van der Waals surface area (Å²) in [4.78, 5) is 4.68. The van der Waals surface area contributed by atoms with Gasteiger partial charge in [-0.1, -0.05) is 13.8 Å². The lowest BCUT2D eigenvalue weighted by molar-refractivity contribution is 0.0956. The van der Waals surface area contributed by atoms with Gasteiger partial charge in [-0.2, -0.15) is 0 Å². The van der Waals surface area contributed by atoms with E-state index in [2.05, 4.69) is 43.1 Å². The highest BCUT2D eigenvalue weighted by molar-refractivity contribution is 4.83. The maximum absolute atomic E-state index is 9.99. The molecule has 0 aromatic heterocycles. The van der Waals surface area contributed by atoms with Gasteiger partial charge in [-0.05, 0) is 33.5 Å². The van der Waals surface area contributed by atoms with Crippen LogP contribution in [-0.2, 0) is 0 Å². The maximum atomic E-state index is 9.99. The topological polar surface area (TPSA) is 38.7 Å². The van der Waals surface area contributed by atoms with Crippen molar-refractivity contribution < 1.29 is 5.11 Å². The summed E-state index contributed by atoms with van der Waals surface area (Å²) in [5.41, 5.74) is 0. The molecule has 0 aromatic rings. The van der Waals surface area contributed by atoms with Crippen LogP contribution >= 0.6 is 0 Å². The number of likely N-dealkylation sites (N-methyl/N-ethyl adjacent to an activating group) is 1. The van der Waals surface area contributed by atoms with E-state index in [4.69, 9.17) is 0 Å². The maximum Gasteiger partial charge on any atom is 0.0791 e. The second-order valence-electron chi connectivity index (χ2n) is 5.77. The van der Waals surface area contributed by atoms with E-state index >= 15 is 0 Å². The van der Waals surface area contributed by atoms with Crippen LogP contribution in [0.3, 0.4) is 0 Å². The molecule has 17 heavy (non-hydrogen) atoms. The van der Waals surface area contributed by atoms with Crippen molar-refractivity contribution in [1.82, 2.24) is 15.1 Å². The van der Waals surface area contributed by atoms with Gasteiger partial charge in [0.05, 0.1) is 6.10 Å². The van der Waals surface area contributed by atoms with Crippen molar-refractivity contribution in [3.8, 4) is 0 Å². The van der Waals surface area contributed by atoms with Crippen LogP contribution in [0.2, 0.25) is 0 Å². The van der Waals surface area contributed by atoms with Crippen LogP contribution in [0.5, 0.6) is 0 Å². The van der Waals surface area contributed by atoms with Gasteiger partial charge < -0.3 is 15.3 Å². The second kappa shape index (κ2) is 7.31. The molecule has 1 saturated heterocycles. The monoisotopic (exact) mass is 243 g/mol. The Bertz CT molecular complexity index is 209. The third-order valence-electron chi connectivity index (χ3n) is 3.28. The minimum atomic E-state index is -0.250. The highest BCUT2D eigenvalue weighted by Gasteiger charge is 2.26. The SMILES string of the molecule is CC(C)NCC(O)CN1CCCC1CN(C)C. The molecule has 1 fully saturated rings. The molecule has 2 atom stereocenters. The van der Waals surface area contributed by atoms with Gasteiger partial charge in [-0.25, -0.2) is 0 Å². The molecule has 0 aromatic carbocycles. The number of nitrogens with zero attached hydrogens (tertiary/aromatic N) is 2. The highest BCUT2D eigenvalue weighted by atomic mass is 16.3. The quantitative estimate of drug-likeness (QED) is 0.678. The van der Waals surface area contributed by atoms with E-state index in [1.165, 1.54) is 12.8 Å². The Labute approximate surface area is 106 Å². The summed E-state index contributed by atoms with van der Waals surface area (Å²) in [7, 11) is 4.24. The molecule has 1 rings (SSSR count). The lowest BCUT2D eigenvalue weighted by Crippen LogP contribution is -2.44. The highest BCUT2D eigenvalue weighted by Crippen LogP contribution is 2.17. The van der Waals surface area contributed by atoms with E-state index in [0.717, 1.165) is 19.6 Å². The van der Waals surface area contributed by atoms with Crippen molar-refractivity contribution in [3.63, 3.8) is 0 Å². The van der Waals surface area contributed by atoms with Crippen molar-refractivity contribution in [2.75, 3.05) is 40.3 Å². The first-order chi connectivity index (χ1) is 7.99. The Kier molecular flexibility index (Phi) is 6.41. The van der Waals surface area contributed by atoms with E-state index in [-0.39, 0.29) is 6.10 Å². The van der Waals surface area contributed by atoms with Gasteiger partial charge in [0.15, 0.2) is 0 Å². The van der Waals surface area contributed by atoms with E-state index in [0.29, 0.717) is 18.6 Å². The van der Waals surface area contributed by atoms with Crippen LogP contribution in [0.4, 0.5) is 0 Å². The normalized spacial score (nSPS) is 23.8. The number of aliphatic hydroxyl groups is 1. The van der Waals surface area contributed by atoms with Gasteiger partial charge >= 0.3 is 0 Å². The number of β-amino-alcohol motifs (C(OH)–C–C–N with tert-alkyl or cyclic N) is 1. The minimum absolute atomic E-state index is 0.250. The molecule has 0 spiro atoms. The molecule has 0 radical (unpaired) electrons. The van der Waals surface area contributed by atoms with Gasteiger partial charge in [0.1, 0.15) is 0 Å². The number of hydrogen-bond donors (Lipinski definition) is 2. The number of nitrogens with one attached hydrogen (secondary N) is 1. The first kappa shape index (κ1) is 14.9. The van der Waals surface area contributed by atoms with E-state index in [1.54, 1.807) is 0 Å². The molecular weight excluding hydrogens is 214 g/mol. The van der Waals surface area contributed by atoms with E-state index < -0.39 is 0 Å². The van der Waals surface area contributed by atoms with E-state index in [9.17, 15) is 5.11 Å². The number of hydrogen-bond acceptors (Lipinski definition) is 4. The zero-order valence-electron chi connectivity index (χ0n) is 11.8. The Balaban J connectivity index is 2.28. The van der Waals surface area contributed by atoms with Crippen LogP contribution in [0.1, 0.15) is 26.7 Å². The molecule has 1 aliphatic rings. The van der Waals surface area contributed by atoms with Crippen LogP contribution in [0, 0.1) is 0 Å². The predicted octanol–water partition coefficient (Wildman–Crippen LogP) is 0.371. The fourth-order valence-corrected chi connectivity index (χ4v) is 2.47. The molecule has 0 saturated carbocycles. The zero-order valence-corrected chi connectivity index (χ0v) is 11.8. The van der Waals surface area contributed by atoms with Gasteiger partial charge in [0, 0.05) is 31.7 Å². The van der Waals surface area contributed by atoms with Crippen LogP contribution in [-0.4, -0.2) is 73.4 Å². The van der Waals surface area contributed by atoms with Crippen molar-refractivity contribution in [2.45, 2.75) is 44.9 Å². The van der Waals surface area contributed by atoms with Crippen molar-refractivity contribution in [2.24, 2.45) is 0 Å². The lowest BCUT2D eigenvalue weighted by Gasteiger charge is -2.29. The zero-order chi connectivity index (χ0) is 12.8. The Morgan fingerprint density at radius 2 is 2.12 bits per heavy atom. The second-order valence-corrected chi connectivity index (χ2v) is 5.77. The molecule has 2 N–H and O–H groups in total. The Morgan fingerprint density at radius 1 is 1.41 bits per heavy atom. The number of likely N-dealkylation sites (tertiary alicyclic amines) is 1. The lowest BCUT2D eigenvalue weighted by atomic mass is 10.2. The third-order valence-corrected chi connectivity index (χ3v) is 3.28. The first-order valence-electron chi connectivity index (χ1n) is 6.79. The average Bonchev–Trinajstić information content (AvgIpc) is 2.62. The van der Waals surface area contributed by atoms with Gasteiger partial charge in [0.25, 0.3) is 0 Å². The molecule has 2 unspecified atom stereocenters. The first-order valence-corrected chi connectivity index (χ1v) is 6.79. The standard InChI is InChI=1S/C13H29N3O/c1-11(2)14-8-13(17)10-16-7-5-6-12(16)9-15(3)4/h11-14,17H,5-10H2,1-4H3. The van der Waals surface area contributed by atoms with Crippen molar-refractivity contribution in [3.05, 3.63) is 0 Å². The third kappa shape index (κ3) is 5.82. The van der Waals surface area contributed by atoms with Crippen molar-refractivity contribution >= 4 is 0 Å². The van der Waals surface area contributed by atoms with Gasteiger partial charge in [0.2, 0.25) is 0 Å². The average molecular weight is 243 g/mol. The molecule has 0 aliphatic carbocycles. The molecule has 0 bridgehead atoms. The summed E-state index contributed by atoms with van der Waals surface area (Å²) in [6.07, 6.45) is 2.28. The number of aliphatic hydroxyl groups excluding tert-OH is 1. The summed E-state index contributed by atoms with van der Waals surface area (Å²) in [5, 5.41) is 13.3. The number of rotatable bonds is 7. The molecule has 0 amide bonds. The van der Waals surface area contributed by atoms with Crippen LogP contribution in [0.25, 0.3) is 0 Å². The van der Waals surface area contributed by atoms with E-state index in [1.807, 2.05) is 0 Å². The van der Waals surface area contributed by atoms with Gasteiger partial charge in [-0.15, -0.1) is 0 Å². The van der Waals surface area contributed by atoms with Crippen LogP contribution in [0.15, 0.2) is 0 Å². The molecule has 102 valence electrons. The summed E-state index contributed by atoms with van der Waals surface area (Å²) >= 11 is 0. The molecule has 4 heteroatoms. The Hall–Kier alpha value is -0.160. The summed E-state index contributed by atoms with van der Waals surface area (Å²) in [6, 6.07) is 1.07. The van der Waals surface area contributed by atoms with Crippen LogP contribution < -0.4 is 5.32 Å². The largest absolute Gasteiger partial charge is 0.390 e. The van der Waals surface area contributed by atoms with Crippen molar-refractivity contribution in [1.29, 1.82) is 0 Å². The Morgan fingerprint density at radius 3 is 2.71 bits per heavy atom. The summed E-state index contributed by atoms with van der Waals surface area (Å²) in [6.45, 7) is 7.96. The molecule has 1 aliphatic heterocycles. The van der Waals surface area contributed by atoms with Gasteiger partial charge in [-0.3, -0.25) is 4.90 Å². The smallest absolute Gasteiger partial charge is 0.0791 e. The summed E-state index contributed by atoms with van der Waals surface area (Å²) < 4.78 is 0. The summed E-state index contributed by atoms with van der Waals surface area (Å²) in [5.74, 6) is 0. The molecule has 1 heterocycles.